The van der Waals surface area contributed by atoms with Gasteiger partial charge in [-0.3, -0.25) is 4.79 Å². The van der Waals surface area contributed by atoms with Gasteiger partial charge in [0.1, 0.15) is 4.86 Å². The van der Waals surface area contributed by atoms with Gasteiger partial charge >= 0.3 is 0 Å². The smallest absolute Gasteiger partial charge is 0.221 e. The monoisotopic (exact) mass is 194 g/mol. The van der Waals surface area contributed by atoms with Crippen molar-refractivity contribution in [1.29, 1.82) is 0 Å². The molecule has 0 bridgehead atoms. The van der Waals surface area contributed by atoms with Gasteiger partial charge in [0.15, 0.2) is 0 Å². The van der Waals surface area contributed by atoms with Crippen LogP contribution in [-0.2, 0) is 16.7 Å². The third kappa shape index (κ3) is 1.19. The molecule has 2 rings (SSSR count). The van der Waals surface area contributed by atoms with E-state index in [9.17, 15) is 13.2 Å². The maximum atomic E-state index is 11.4. The van der Waals surface area contributed by atoms with Crippen LogP contribution < -0.4 is 0 Å². The van der Waals surface area contributed by atoms with Crippen molar-refractivity contribution in [2.75, 3.05) is 0 Å². The first kappa shape index (κ1) is 8.19. The number of hydrogen-bond donors (Lipinski definition) is 0. The van der Waals surface area contributed by atoms with Crippen LogP contribution >= 0.6 is 0 Å². The number of hydrogen-bond acceptors (Lipinski definition) is 3. The summed E-state index contributed by atoms with van der Waals surface area (Å²) in [6.45, 7) is 0. The molecule has 1 aromatic carbocycles. The molecule has 0 saturated carbocycles. The quantitative estimate of drug-likeness (QED) is 0.564. The van der Waals surface area contributed by atoms with Crippen LogP contribution in [0.15, 0.2) is 24.3 Å². The Balaban J connectivity index is 2.70. The highest BCUT2D eigenvalue weighted by Crippen LogP contribution is 2.18. The normalized spacial score (nSPS) is 14.5. The lowest BCUT2D eigenvalue weighted by Gasteiger charge is -1.91. The third-order valence-electron chi connectivity index (χ3n) is 2.07. The Morgan fingerprint density at radius 2 is 1.85 bits per heavy atom. The standard InChI is InChI=1S/C9H6O3S/c10-9-7-4-2-1-3-6(7)5-8(9)13(11)12/h1-4H,5H2. The maximum absolute atomic E-state index is 11.4. The Hall–Kier alpha value is -1.42. The zero-order chi connectivity index (χ0) is 9.42. The van der Waals surface area contributed by atoms with E-state index in [2.05, 4.69) is 0 Å². The van der Waals surface area contributed by atoms with Crippen molar-refractivity contribution in [1.82, 2.24) is 0 Å². The van der Waals surface area contributed by atoms with Crippen molar-refractivity contribution in [3.63, 3.8) is 0 Å². The highest BCUT2D eigenvalue weighted by atomic mass is 32.2. The Morgan fingerprint density at radius 3 is 2.46 bits per heavy atom. The molecular formula is C9H6O3S. The Morgan fingerprint density at radius 1 is 1.15 bits per heavy atom. The maximum Gasteiger partial charge on any atom is 0.221 e. The fourth-order valence-corrected chi connectivity index (χ4v) is 1.97. The molecule has 13 heavy (non-hydrogen) atoms. The molecule has 0 aromatic heterocycles. The molecule has 0 radical (unpaired) electrons. The number of rotatable bonds is 0. The molecule has 0 amide bonds. The van der Waals surface area contributed by atoms with Crippen LogP contribution in [0, 0.1) is 0 Å². The molecule has 0 heterocycles. The van der Waals surface area contributed by atoms with Crippen molar-refractivity contribution in [2.45, 2.75) is 6.42 Å². The molecule has 1 aliphatic carbocycles. The van der Waals surface area contributed by atoms with Crippen LogP contribution in [0.5, 0.6) is 0 Å². The Kier molecular flexibility index (Phi) is 1.77. The molecule has 4 heteroatoms. The minimum atomic E-state index is -2.38. The molecule has 0 fully saturated rings. The third-order valence-corrected chi connectivity index (χ3v) is 2.80. The van der Waals surface area contributed by atoms with E-state index in [4.69, 9.17) is 0 Å². The summed E-state index contributed by atoms with van der Waals surface area (Å²) in [7, 11) is -2.38. The molecule has 1 aromatic rings. The lowest BCUT2D eigenvalue weighted by atomic mass is 10.1. The van der Waals surface area contributed by atoms with Gasteiger partial charge in [-0.25, -0.2) is 0 Å². The summed E-state index contributed by atoms with van der Waals surface area (Å²) >= 11 is 0. The van der Waals surface area contributed by atoms with E-state index in [0.717, 1.165) is 5.56 Å². The van der Waals surface area contributed by atoms with Crippen molar-refractivity contribution in [2.24, 2.45) is 0 Å². The van der Waals surface area contributed by atoms with Crippen molar-refractivity contribution in [3.05, 3.63) is 35.4 Å². The molecule has 3 nitrogen and oxygen atoms in total. The Bertz CT molecular complexity index is 503. The molecule has 0 N–H and O–H groups in total. The van der Waals surface area contributed by atoms with Crippen LogP contribution in [-0.4, -0.2) is 19.1 Å². The number of Topliss-reactive ketones (excluding diaryl/α,β-unsaturated/α-hetero) is 1. The summed E-state index contributed by atoms with van der Waals surface area (Å²) in [4.78, 5) is 11.4. The first-order chi connectivity index (χ1) is 6.20. The van der Waals surface area contributed by atoms with Gasteiger partial charge < -0.3 is 0 Å². The lowest BCUT2D eigenvalue weighted by Crippen LogP contribution is -2.08. The first-order valence-electron chi connectivity index (χ1n) is 3.78. The van der Waals surface area contributed by atoms with Gasteiger partial charge in [-0.2, -0.15) is 8.42 Å². The summed E-state index contributed by atoms with van der Waals surface area (Å²) in [5.74, 6) is -0.357. The van der Waals surface area contributed by atoms with Gasteiger partial charge in [-0.15, -0.1) is 0 Å². The minimum absolute atomic E-state index is 0.0267. The predicted molar refractivity (Wildman–Crippen MR) is 48.4 cm³/mol. The molecule has 0 unspecified atom stereocenters. The molecule has 1 aliphatic rings. The van der Waals surface area contributed by atoms with Gasteiger partial charge in [0, 0.05) is 12.0 Å². The van der Waals surface area contributed by atoms with Gasteiger partial charge in [0.2, 0.25) is 16.1 Å². The van der Waals surface area contributed by atoms with E-state index in [1.165, 1.54) is 0 Å². The van der Waals surface area contributed by atoms with E-state index in [1.54, 1.807) is 24.3 Å². The van der Waals surface area contributed by atoms with E-state index in [1.807, 2.05) is 0 Å². The van der Waals surface area contributed by atoms with Crippen LogP contribution in [0.2, 0.25) is 0 Å². The summed E-state index contributed by atoms with van der Waals surface area (Å²) in [5.41, 5.74) is 1.31. The van der Waals surface area contributed by atoms with Gasteiger partial charge in [-0.1, -0.05) is 24.3 Å². The van der Waals surface area contributed by atoms with Gasteiger partial charge in [0.25, 0.3) is 0 Å². The van der Waals surface area contributed by atoms with E-state index >= 15 is 0 Å². The van der Waals surface area contributed by atoms with Crippen molar-refractivity contribution in [3.8, 4) is 0 Å². The number of carbonyl (C=O) groups excluding carboxylic acids is 1. The van der Waals surface area contributed by atoms with Crippen molar-refractivity contribution < 1.29 is 13.2 Å². The lowest BCUT2D eigenvalue weighted by molar-refractivity contribution is 0.107. The average Bonchev–Trinajstić information content (AvgIpc) is 2.45. The average molecular weight is 194 g/mol. The van der Waals surface area contributed by atoms with E-state index < -0.39 is 10.3 Å². The zero-order valence-corrected chi connectivity index (χ0v) is 7.47. The summed E-state index contributed by atoms with van der Waals surface area (Å²) in [5, 5.41) is 0. The van der Waals surface area contributed by atoms with Crippen molar-refractivity contribution >= 4 is 20.9 Å². The van der Waals surface area contributed by atoms with E-state index in [0.29, 0.717) is 5.56 Å². The second kappa shape index (κ2) is 2.81. The summed E-state index contributed by atoms with van der Waals surface area (Å²) in [6.07, 6.45) is 0.241. The van der Waals surface area contributed by atoms with Gasteiger partial charge in [-0.05, 0) is 5.56 Å². The topological polar surface area (TPSA) is 51.2 Å². The van der Waals surface area contributed by atoms with Crippen LogP contribution in [0.3, 0.4) is 0 Å². The predicted octanol–water partition coefficient (Wildman–Crippen LogP) is 0.477. The zero-order valence-electron chi connectivity index (χ0n) is 6.65. The highest BCUT2D eigenvalue weighted by molar-refractivity contribution is 7.75. The largest absolute Gasteiger partial charge is 0.288 e. The number of ketones is 1. The molecular weight excluding hydrogens is 188 g/mol. The SMILES string of the molecule is O=C1C(=S(=O)=O)Cc2ccccc21. The first-order valence-corrected chi connectivity index (χ1v) is 4.85. The second-order valence-corrected chi connectivity index (χ2v) is 3.78. The minimum Gasteiger partial charge on any atom is -0.288 e. The molecule has 0 spiro atoms. The van der Waals surface area contributed by atoms with Crippen LogP contribution in [0.4, 0.5) is 0 Å². The fourth-order valence-electron chi connectivity index (χ4n) is 1.43. The summed E-state index contributed by atoms with van der Waals surface area (Å²) < 4.78 is 21.2. The Labute approximate surface area is 76.5 Å². The number of benzene rings is 1. The summed E-state index contributed by atoms with van der Waals surface area (Å²) in [6, 6.07) is 6.95. The second-order valence-electron chi connectivity index (χ2n) is 2.82. The molecule has 0 atom stereocenters. The molecule has 66 valence electrons. The fraction of sp³-hybridized carbons (Fsp3) is 0.111. The highest BCUT2D eigenvalue weighted by Gasteiger charge is 2.26. The molecule has 0 saturated heterocycles. The number of carbonyl (C=O) groups is 1. The van der Waals surface area contributed by atoms with Crippen LogP contribution in [0.1, 0.15) is 15.9 Å². The molecule has 0 aliphatic heterocycles. The van der Waals surface area contributed by atoms with E-state index in [-0.39, 0.29) is 17.1 Å². The van der Waals surface area contributed by atoms with Gasteiger partial charge in [0.05, 0.1) is 0 Å². The van der Waals surface area contributed by atoms with Crippen LogP contribution in [0.25, 0.3) is 0 Å². The number of fused-ring (bicyclic) bond motifs is 1.